The molecule has 0 unspecified atom stereocenters. The normalized spacial score (nSPS) is 12.2. The SMILES string of the molecule is CCNC(=O)N[C@@H](COC(=O)/C=C/C(=O)OC[C@H](NC(=O)NCC)c1ccccc1)c1ccccc1. The Hall–Kier alpha value is -4.34. The van der Waals surface area contributed by atoms with Crippen LogP contribution in [0.1, 0.15) is 37.1 Å². The van der Waals surface area contributed by atoms with Gasteiger partial charge in [0.2, 0.25) is 0 Å². The van der Waals surface area contributed by atoms with Crippen LogP contribution in [-0.2, 0) is 19.1 Å². The summed E-state index contributed by atoms with van der Waals surface area (Å²) in [5.74, 6) is -1.55. The summed E-state index contributed by atoms with van der Waals surface area (Å²) in [4.78, 5) is 48.2. The number of ether oxygens (including phenoxy) is 2. The fourth-order valence-corrected chi connectivity index (χ4v) is 3.12. The molecule has 2 atom stereocenters. The number of nitrogens with one attached hydrogen (secondary N) is 4. The van der Waals surface area contributed by atoms with E-state index in [-0.39, 0.29) is 13.2 Å². The standard InChI is InChI=1S/C26H32N4O6/c1-3-27-25(33)29-21(19-11-7-5-8-12-19)17-35-23(31)15-16-24(32)36-18-22(30-26(34)28-4-2)20-13-9-6-10-14-20/h5-16,21-22H,3-4,17-18H2,1-2H3,(H2,27,29,33)(H2,28,30,34)/b16-15+/t21-,22-/m0/s1. The van der Waals surface area contributed by atoms with Crippen LogP contribution in [0.25, 0.3) is 0 Å². The molecule has 0 bridgehead atoms. The number of amides is 4. The van der Waals surface area contributed by atoms with Gasteiger partial charge < -0.3 is 30.7 Å². The Balaban J connectivity index is 1.90. The van der Waals surface area contributed by atoms with Gasteiger partial charge in [-0.3, -0.25) is 0 Å². The van der Waals surface area contributed by atoms with Gasteiger partial charge in [-0.25, -0.2) is 19.2 Å². The van der Waals surface area contributed by atoms with Crippen molar-refractivity contribution in [3.63, 3.8) is 0 Å². The quantitative estimate of drug-likeness (QED) is 0.264. The number of hydrogen-bond donors (Lipinski definition) is 4. The maximum absolute atomic E-state index is 12.2. The molecule has 4 N–H and O–H groups in total. The summed E-state index contributed by atoms with van der Waals surface area (Å²) in [6.07, 6.45) is 1.90. The lowest BCUT2D eigenvalue weighted by molar-refractivity contribution is -0.141. The van der Waals surface area contributed by atoms with Gasteiger partial charge in [-0.05, 0) is 25.0 Å². The van der Waals surface area contributed by atoms with Gasteiger partial charge in [-0.1, -0.05) is 60.7 Å². The molecule has 0 spiro atoms. The smallest absolute Gasteiger partial charge is 0.331 e. The molecule has 0 heterocycles. The molecule has 0 aromatic heterocycles. The first-order chi connectivity index (χ1) is 17.4. The van der Waals surface area contributed by atoms with Crippen molar-refractivity contribution < 1.29 is 28.7 Å². The minimum Gasteiger partial charge on any atom is -0.460 e. The Kier molecular flexibility index (Phi) is 12.0. The van der Waals surface area contributed by atoms with Crippen molar-refractivity contribution in [2.24, 2.45) is 0 Å². The van der Waals surface area contributed by atoms with Crippen molar-refractivity contribution >= 4 is 24.0 Å². The molecule has 2 aromatic carbocycles. The molecular weight excluding hydrogens is 464 g/mol. The van der Waals surface area contributed by atoms with E-state index in [9.17, 15) is 19.2 Å². The zero-order chi connectivity index (χ0) is 26.2. The molecule has 0 aliphatic heterocycles. The number of rotatable bonds is 12. The van der Waals surface area contributed by atoms with Crippen molar-refractivity contribution in [2.75, 3.05) is 26.3 Å². The highest BCUT2D eigenvalue weighted by molar-refractivity contribution is 5.91. The Labute approximate surface area is 210 Å². The molecule has 10 heteroatoms. The van der Waals surface area contributed by atoms with Gasteiger partial charge in [0.25, 0.3) is 0 Å². The monoisotopic (exact) mass is 496 g/mol. The van der Waals surface area contributed by atoms with Crippen LogP contribution in [0.3, 0.4) is 0 Å². The molecule has 2 rings (SSSR count). The number of benzene rings is 2. The summed E-state index contributed by atoms with van der Waals surface area (Å²) < 4.78 is 10.4. The van der Waals surface area contributed by atoms with E-state index < -0.39 is 36.1 Å². The third kappa shape index (κ3) is 10.3. The number of carbonyl (C=O) groups excluding carboxylic acids is 4. The van der Waals surface area contributed by atoms with Crippen LogP contribution >= 0.6 is 0 Å². The van der Waals surface area contributed by atoms with Gasteiger partial charge in [0.15, 0.2) is 0 Å². The van der Waals surface area contributed by atoms with Crippen molar-refractivity contribution in [3.8, 4) is 0 Å². The molecule has 0 aliphatic rings. The van der Waals surface area contributed by atoms with Crippen molar-refractivity contribution in [1.82, 2.24) is 21.3 Å². The molecule has 0 aliphatic carbocycles. The maximum atomic E-state index is 12.2. The summed E-state index contributed by atoms with van der Waals surface area (Å²) in [7, 11) is 0. The highest BCUT2D eigenvalue weighted by Crippen LogP contribution is 2.14. The largest absolute Gasteiger partial charge is 0.460 e. The van der Waals surface area contributed by atoms with E-state index in [1.807, 2.05) is 36.4 Å². The van der Waals surface area contributed by atoms with Crippen LogP contribution < -0.4 is 21.3 Å². The second kappa shape index (κ2) is 15.5. The lowest BCUT2D eigenvalue weighted by atomic mass is 10.1. The predicted octanol–water partition coefficient (Wildman–Crippen LogP) is 2.75. The van der Waals surface area contributed by atoms with Crippen molar-refractivity contribution in [2.45, 2.75) is 25.9 Å². The van der Waals surface area contributed by atoms with Gasteiger partial charge in [-0.15, -0.1) is 0 Å². The second-order valence-corrected chi connectivity index (χ2v) is 7.53. The molecule has 2 aromatic rings. The van der Waals surface area contributed by atoms with Gasteiger partial charge in [0.05, 0.1) is 12.1 Å². The zero-order valence-electron chi connectivity index (χ0n) is 20.4. The van der Waals surface area contributed by atoms with Crippen LogP contribution in [0.4, 0.5) is 9.59 Å². The predicted molar refractivity (Wildman–Crippen MR) is 134 cm³/mol. The molecular formula is C26H32N4O6. The van der Waals surface area contributed by atoms with Crippen molar-refractivity contribution in [3.05, 3.63) is 83.9 Å². The zero-order valence-corrected chi connectivity index (χ0v) is 20.4. The van der Waals surface area contributed by atoms with Gasteiger partial charge in [0.1, 0.15) is 13.2 Å². The minimum atomic E-state index is -0.773. The van der Waals surface area contributed by atoms with Crippen molar-refractivity contribution in [1.29, 1.82) is 0 Å². The van der Waals surface area contributed by atoms with Crippen LogP contribution in [0, 0.1) is 0 Å². The third-order valence-electron chi connectivity index (χ3n) is 4.83. The minimum absolute atomic E-state index is 0.133. The molecule has 0 fully saturated rings. The number of carbonyl (C=O) groups is 4. The van der Waals surface area contributed by atoms with E-state index in [1.165, 1.54) is 0 Å². The first kappa shape index (κ1) is 27.9. The second-order valence-electron chi connectivity index (χ2n) is 7.53. The fraction of sp³-hybridized carbons (Fsp3) is 0.308. The summed E-state index contributed by atoms with van der Waals surface area (Å²) in [6.45, 7) is 4.21. The third-order valence-corrected chi connectivity index (χ3v) is 4.83. The van der Waals surface area contributed by atoms with E-state index in [0.29, 0.717) is 13.1 Å². The number of hydrogen-bond acceptors (Lipinski definition) is 6. The molecule has 0 radical (unpaired) electrons. The molecule has 36 heavy (non-hydrogen) atoms. The Morgan fingerprint density at radius 1 is 0.667 bits per heavy atom. The molecule has 10 nitrogen and oxygen atoms in total. The van der Waals surface area contributed by atoms with E-state index in [1.54, 1.807) is 38.1 Å². The lowest BCUT2D eigenvalue weighted by Gasteiger charge is -2.19. The summed E-state index contributed by atoms with van der Waals surface area (Å²) in [5.41, 5.74) is 1.51. The average Bonchev–Trinajstić information content (AvgIpc) is 2.89. The number of urea groups is 2. The van der Waals surface area contributed by atoms with Crippen LogP contribution in [-0.4, -0.2) is 50.3 Å². The highest BCUT2D eigenvalue weighted by Gasteiger charge is 2.17. The lowest BCUT2D eigenvalue weighted by Crippen LogP contribution is -2.39. The van der Waals surface area contributed by atoms with E-state index in [0.717, 1.165) is 23.3 Å². The molecule has 0 saturated heterocycles. The Morgan fingerprint density at radius 2 is 1.03 bits per heavy atom. The number of esters is 2. The average molecular weight is 497 g/mol. The van der Waals surface area contributed by atoms with Gasteiger partial charge in [-0.2, -0.15) is 0 Å². The first-order valence-corrected chi connectivity index (χ1v) is 11.6. The van der Waals surface area contributed by atoms with E-state index in [2.05, 4.69) is 21.3 Å². The van der Waals surface area contributed by atoms with Gasteiger partial charge in [0, 0.05) is 25.2 Å². The van der Waals surface area contributed by atoms with Crippen LogP contribution in [0.15, 0.2) is 72.8 Å². The Morgan fingerprint density at radius 3 is 1.36 bits per heavy atom. The molecule has 0 saturated carbocycles. The maximum Gasteiger partial charge on any atom is 0.331 e. The van der Waals surface area contributed by atoms with Crippen LogP contribution in [0.5, 0.6) is 0 Å². The van der Waals surface area contributed by atoms with E-state index in [4.69, 9.17) is 9.47 Å². The summed E-state index contributed by atoms with van der Waals surface area (Å²) in [6, 6.07) is 16.2. The topological polar surface area (TPSA) is 135 Å². The summed E-state index contributed by atoms with van der Waals surface area (Å²) >= 11 is 0. The molecule has 192 valence electrons. The fourth-order valence-electron chi connectivity index (χ4n) is 3.12. The van der Waals surface area contributed by atoms with Crippen LogP contribution in [0.2, 0.25) is 0 Å². The molecule has 4 amide bonds. The highest BCUT2D eigenvalue weighted by atomic mass is 16.5. The Bertz CT molecular complexity index is 932. The first-order valence-electron chi connectivity index (χ1n) is 11.6. The van der Waals surface area contributed by atoms with E-state index >= 15 is 0 Å². The van der Waals surface area contributed by atoms with Gasteiger partial charge >= 0.3 is 24.0 Å². The summed E-state index contributed by atoms with van der Waals surface area (Å²) in [5, 5.41) is 10.8.